The number of unbranched alkanes of at least 4 members (excludes halogenated alkanes) is 1. The molecule has 0 saturated heterocycles. The summed E-state index contributed by atoms with van der Waals surface area (Å²) in [6, 6.07) is 0. The van der Waals surface area contributed by atoms with Crippen molar-refractivity contribution in [3.63, 3.8) is 0 Å². The van der Waals surface area contributed by atoms with Gasteiger partial charge in [-0.2, -0.15) is 0 Å². The molecule has 34 heavy (non-hydrogen) atoms. The molecular formula is C20H35ClN10O3. The van der Waals surface area contributed by atoms with Gasteiger partial charge >= 0.3 is 0 Å². The van der Waals surface area contributed by atoms with Gasteiger partial charge < -0.3 is 38.5 Å². The van der Waals surface area contributed by atoms with E-state index in [1.54, 1.807) is 0 Å². The predicted octanol–water partition coefficient (Wildman–Crippen LogP) is -0.281. The average molecular weight is 499 g/mol. The van der Waals surface area contributed by atoms with Crippen LogP contribution in [0, 0.1) is 5.92 Å². The molecule has 190 valence electrons. The molecule has 1 aliphatic rings. The van der Waals surface area contributed by atoms with Crippen LogP contribution in [-0.2, 0) is 4.74 Å². The lowest BCUT2D eigenvalue weighted by Crippen LogP contribution is -2.38. The standard InChI is InChI=1S/C20H35ClN10O3/c21-15-17(23)30-16(22)14(29-15)18(33)31-20(26)27-8-2-1-3-11-4-6-13(7-5-11)34-10-12(32)9-28-19(24)25/h11-13,32H,1-10H2,(H4,22,23,30)(H4,24,25,28)(H3,26,27,31,33). The van der Waals surface area contributed by atoms with Gasteiger partial charge in [0, 0.05) is 6.54 Å². The molecule has 0 spiro atoms. The van der Waals surface area contributed by atoms with Crippen LogP contribution in [-0.4, -0.2) is 64.8 Å². The topological polar surface area (TPSA) is 239 Å². The van der Waals surface area contributed by atoms with Crippen LogP contribution < -0.4 is 34.0 Å². The highest BCUT2D eigenvalue weighted by molar-refractivity contribution is 6.31. The van der Waals surface area contributed by atoms with Gasteiger partial charge in [-0.25, -0.2) is 9.97 Å². The number of hydrogen-bond donors (Lipinski definition) is 7. The van der Waals surface area contributed by atoms with Crippen LogP contribution >= 0.6 is 11.6 Å². The van der Waals surface area contributed by atoms with Gasteiger partial charge in [0.15, 0.2) is 34.4 Å². The number of aliphatic hydroxyl groups is 1. The second-order valence-electron chi connectivity index (χ2n) is 8.25. The molecule has 0 aromatic carbocycles. The number of carbonyl (C=O) groups excluding carboxylic acids is 1. The molecule has 1 aliphatic carbocycles. The Morgan fingerprint density at radius 3 is 2.50 bits per heavy atom. The van der Waals surface area contributed by atoms with E-state index in [0.29, 0.717) is 12.5 Å². The summed E-state index contributed by atoms with van der Waals surface area (Å²) in [5.74, 6) is -0.286. The maximum atomic E-state index is 12.2. The minimum atomic E-state index is -0.702. The molecule has 1 aromatic rings. The Kier molecular flexibility index (Phi) is 11.0. The number of hydrogen-bond acceptors (Lipinski definition) is 9. The third kappa shape index (κ3) is 9.53. The quantitative estimate of drug-likeness (QED) is 0.119. The third-order valence-corrected chi connectivity index (χ3v) is 5.75. The maximum absolute atomic E-state index is 12.2. The highest BCUT2D eigenvalue weighted by Crippen LogP contribution is 2.29. The number of nitrogen functional groups attached to an aromatic ring is 2. The number of nitrogens with one attached hydrogen (secondary N) is 1. The molecule has 1 unspecified atom stereocenters. The van der Waals surface area contributed by atoms with Crippen LogP contribution in [0.3, 0.4) is 0 Å². The van der Waals surface area contributed by atoms with E-state index in [1.165, 1.54) is 0 Å². The molecule has 1 fully saturated rings. The minimum absolute atomic E-state index is 0.0289. The summed E-state index contributed by atoms with van der Waals surface area (Å²) in [7, 11) is 0. The number of nitrogens with zero attached hydrogens (tertiary/aromatic N) is 4. The summed E-state index contributed by atoms with van der Waals surface area (Å²) in [5, 5.41) is 12.1. The summed E-state index contributed by atoms with van der Waals surface area (Å²) < 4.78 is 5.78. The Labute approximate surface area is 203 Å². The van der Waals surface area contributed by atoms with Crippen LogP contribution in [0.4, 0.5) is 11.6 Å². The van der Waals surface area contributed by atoms with Crippen molar-refractivity contribution in [2.75, 3.05) is 31.2 Å². The summed E-state index contributed by atoms with van der Waals surface area (Å²) in [5.41, 5.74) is 27.3. The number of nitrogens with two attached hydrogens (primary N) is 5. The highest BCUT2D eigenvalue weighted by atomic mass is 35.5. The molecule has 1 aromatic heterocycles. The first-order valence-electron chi connectivity index (χ1n) is 11.2. The van der Waals surface area contributed by atoms with Gasteiger partial charge in [0.25, 0.3) is 5.91 Å². The molecule has 12 N–H and O–H groups in total. The number of aromatic nitrogens is 2. The van der Waals surface area contributed by atoms with Crippen LogP contribution in [0.1, 0.15) is 55.4 Å². The van der Waals surface area contributed by atoms with Crippen molar-refractivity contribution in [1.29, 1.82) is 0 Å². The zero-order valence-corrected chi connectivity index (χ0v) is 19.9. The summed E-state index contributed by atoms with van der Waals surface area (Å²) in [4.78, 5) is 27.7. The minimum Gasteiger partial charge on any atom is -0.389 e. The average Bonchev–Trinajstić information content (AvgIpc) is 2.79. The number of anilines is 2. The monoisotopic (exact) mass is 498 g/mol. The van der Waals surface area contributed by atoms with Crippen molar-refractivity contribution < 1.29 is 14.6 Å². The molecule has 1 amide bonds. The van der Waals surface area contributed by atoms with E-state index in [4.69, 9.17) is 45.0 Å². The summed E-state index contributed by atoms with van der Waals surface area (Å²) >= 11 is 5.78. The summed E-state index contributed by atoms with van der Waals surface area (Å²) in [6.07, 6.45) is 6.52. The van der Waals surface area contributed by atoms with Gasteiger partial charge in [-0.1, -0.05) is 24.4 Å². The molecule has 14 heteroatoms. The van der Waals surface area contributed by atoms with Crippen molar-refractivity contribution in [2.45, 2.75) is 57.2 Å². The van der Waals surface area contributed by atoms with E-state index in [9.17, 15) is 9.90 Å². The zero-order valence-electron chi connectivity index (χ0n) is 19.1. The van der Waals surface area contributed by atoms with Crippen LogP contribution in [0.5, 0.6) is 0 Å². The Morgan fingerprint density at radius 2 is 1.82 bits per heavy atom. The number of aliphatic imine (C=N–C) groups is 2. The van der Waals surface area contributed by atoms with E-state index >= 15 is 0 Å². The van der Waals surface area contributed by atoms with Crippen LogP contribution in [0.2, 0.25) is 5.15 Å². The van der Waals surface area contributed by atoms with Crippen molar-refractivity contribution in [2.24, 2.45) is 33.1 Å². The normalized spacial score (nSPS) is 19.4. The largest absolute Gasteiger partial charge is 0.389 e. The smallest absolute Gasteiger partial charge is 0.280 e. The molecule has 0 bridgehead atoms. The molecular weight excluding hydrogens is 464 g/mol. The number of carbonyl (C=O) groups is 1. The molecule has 0 radical (unpaired) electrons. The summed E-state index contributed by atoms with van der Waals surface area (Å²) in [6.45, 7) is 0.862. The van der Waals surface area contributed by atoms with Gasteiger partial charge in [0.05, 0.1) is 25.4 Å². The number of rotatable bonds is 11. The maximum Gasteiger partial charge on any atom is 0.280 e. The Hall–Kier alpha value is -2.90. The number of aliphatic hydroxyl groups excluding tert-OH is 1. The van der Waals surface area contributed by atoms with Crippen molar-refractivity contribution in [3.05, 3.63) is 10.8 Å². The first-order chi connectivity index (χ1) is 16.2. The molecule has 1 heterocycles. The molecule has 1 saturated carbocycles. The van der Waals surface area contributed by atoms with Crippen molar-refractivity contribution in [1.82, 2.24) is 15.3 Å². The first-order valence-corrected chi connectivity index (χ1v) is 11.6. The zero-order chi connectivity index (χ0) is 25.1. The lowest BCUT2D eigenvalue weighted by molar-refractivity contribution is -0.0270. The Balaban J connectivity index is 1.60. The van der Waals surface area contributed by atoms with Gasteiger partial charge in [-0.15, -0.1) is 0 Å². The van der Waals surface area contributed by atoms with Crippen molar-refractivity contribution >= 4 is 41.1 Å². The molecule has 13 nitrogen and oxygen atoms in total. The molecule has 0 aliphatic heterocycles. The third-order valence-electron chi connectivity index (χ3n) is 5.47. The lowest BCUT2D eigenvalue weighted by Gasteiger charge is -2.29. The highest BCUT2D eigenvalue weighted by Gasteiger charge is 2.22. The SMILES string of the molecule is NC(N)=NCC(O)COC1CCC(CCCCN=C(N)NC(=O)c2nc(Cl)c(N)nc2N)CC1. The number of halogens is 1. The van der Waals surface area contributed by atoms with E-state index in [2.05, 4.69) is 25.3 Å². The van der Waals surface area contributed by atoms with E-state index in [1.807, 2.05) is 0 Å². The Bertz CT molecular complexity index is 870. The fourth-order valence-corrected chi connectivity index (χ4v) is 3.79. The van der Waals surface area contributed by atoms with E-state index in [-0.39, 0.29) is 53.7 Å². The van der Waals surface area contributed by atoms with Gasteiger partial charge in [0.1, 0.15) is 0 Å². The van der Waals surface area contributed by atoms with Crippen LogP contribution in [0.25, 0.3) is 0 Å². The van der Waals surface area contributed by atoms with Gasteiger partial charge in [-0.05, 0) is 38.0 Å². The molecule has 2 rings (SSSR count). The van der Waals surface area contributed by atoms with Crippen molar-refractivity contribution in [3.8, 4) is 0 Å². The van der Waals surface area contributed by atoms with Gasteiger partial charge in [-0.3, -0.25) is 20.1 Å². The fraction of sp³-hybridized carbons (Fsp3) is 0.650. The second-order valence-corrected chi connectivity index (χ2v) is 8.60. The molecule has 1 atom stereocenters. The van der Waals surface area contributed by atoms with Gasteiger partial charge in [0.2, 0.25) is 0 Å². The lowest BCUT2D eigenvalue weighted by atomic mass is 9.84. The number of amides is 1. The second kappa shape index (κ2) is 13.7. The van der Waals surface area contributed by atoms with E-state index in [0.717, 1.165) is 44.9 Å². The number of guanidine groups is 2. The van der Waals surface area contributed by atoms with E-state index < -0.39 is 12.0 Å². The number of ether oxygens (including phenoxy) is 1. The first kappa shape index (κ1) is 27.3. The van der Waals surface area contributed by atoms with Crippen LogP contribution in [0.15, 0.2) is 9.98 Å². The fourth-order valence-electron chi connectivity index (χ4n) is 3.67. The Morgan fingerprint density at radius 1 is 1.12 bits per heavy atom. The predicted molar refractivity (Wildman–Crippen MR) is 132 cm³/mol.